The lowest BCUT2D eigenvalue weighted by molar-refractivity contribution is 0.0771. The van der Waals surface area contributed by atoms with Crippen LogP contribution in [0, 0.1) is 12.8 Å². The van der Waals surface area contributed by atoms with Gasteiger partial charge in [-0.15, -0.1) is 0 Å². The van der Waals surface area contributed by atoms with E-state index in [9.17, 15) is 0 Å². The van der Waals surface area contributed by atoms with E-state index < -0.39 is 0 Å². The highest BCUT2D eigenvalue weighted by Crippen LogP contribution is 2.29. The number of pyridine rings is 1. The maximum atomic E-state index is 6.58. The highest BCUT2D eigenvalue weighted by atomic mass is 35.5. The molecule has 1 atom stereocenters. The summed E-state index contributed by atoms with van der Waals surface area (Å²) in [5.74, 6) is 0.716. The molecule has 1 aliphatic heterocycles. The van der Waals surface area contributed by atoms with Gasteiger partial charge in [-0.25, -0.2) is 0 Å². The van der Waals surface area contributed by atoms with Crippen LogP contribution in [-0.2, 0) is 20.1 Å². The summed E-state index contributed by atoms with van der Waals surface area (Å²) < 4.78 is 1.79. The molecule has 0 amide bonds. The molecule has 2 aromatic rings. The Labute approximate surface area is 186 Å². The molecule has 4 rings (SSSR count). The average molecular weight is 430 g/mol. The molecule has 5 nitrogen and oxygen atoms in total. The molecule has 0 N–H and O–H groups in total. The Morgan fingerprint density at radius 1 is 1.13 bits per heavy atom. The van der Waals surface area contributed by atoms with Gasteiger partial charge < -0.3 is 4.90 Å². The van der Waals surface area contributed by atoms with Gasteiger partial charge in [0.2, 0.25) is 0 Å². The van der Waals surface area contributed by atoms with Gasteiger partial charge in [-0.3, -0.25) is 14.6 Å². The van der Waals surface area contributed by atoms with Crippen LogP contribution in [0.1, 0.15) is 61.8 Å². The number of hydrogen-bond acceptors (Lipinski definition) is 4. The van der Waals surface area contributed by atoms with Gasteiger partial charge in [0.05, 0.1) is 5.69 Å². The maximum absolute atomic E-state index is 6.58. The lowest BCUT2D eigenvalue weighted by Gasteiger charge is -2.41. The van der Waals surface area contributed by atoms with Crippen LogP contribution >= 0.6 is 11.6 Å². The molecule has 1 aliphatic carbocycles. The van der Waals surface area contributed by atoms with Crippen LogP contribution < -0.4 is 0 Å². The van der Waals surface area contributed by atoms with Crippen molar-refractivity contribution < 1.29 is 0 Å². The smallest absolute Gasteiger partial charge is 0.131 e. The predicted molar refractivity (Wildman–Crippen MR) is 122 cm³/mol. The molecule has 0 aromatic carbocycles. The third kappa shape index (κ3) is 5.43. The molecule has 0 radical (unpaired) electrons. The van der Waals surface area contributed by atoms with E-state index in [1.807, 2.05) is 25.5 Å². The molecule has 1 saturated carbocycles. The molecule has 164 valence electrons. The van der Waals surface area contributed by atoms with E-state index in [1.54, 1.807) is 4.68 Å². The predicted octanol–water partition coefficient (Wildman–Crippen LogP) is 4.82. The van der Waals surface area contributed by atoms with Crippen LogP contribution in [0.2, 0.25) is 5.15 Å². The number of hydrogen-bond donors (Lipinski definition) is 0. The van der Waals surface area contributed by atoms with Crippen molar-refractivity contribution in [1.29, 1.82) is 0 Å². The molecular weight excluding hydrogens is 394 g/mol. The fourth-order valence-electron chi connectivity index (χ4n) is 5.40. The van der Waals surface area contributed by atoms with Gasteiger partial charge in [0.25, 0.3) is 0 Å². The number of likely N-dealkylation sites (tertiary alicyclic amines) is 1. The average Bonchev–Trinajstić information content (AvgIpc) is 3.01. The first-order valence-electron chi connectivity index (χ1n) is 11.6. The van der Waals surface area contributed by atoms with Gasteiger partial charge in [-0.2, -0.15) is 5.10 Å². The largest absolute Gasteiger partial charge is 0.300 e. The first-order valence-corrected chi connectivity index (χ1v) is 12.0. The summed E-state index contributed by atoms with van der Waals surface area (Å²) in [6.07, 6.45) is 13.5. The highest BCUT2D eigenvalue weighted by molar-refractivity contribution is 6.30. The van der Waals surface area contributed by atoms with Crippen LogP contribution in [0.25, 0.3) is 0 Å². The second-order valence-electron chi connectivity index (χ2n) is 9.30. The standard InChI is InChI=1S/C24H36ClN5/c1-19-23(24(25)28(2)27-19)18-29(15-20-8-6-12-26-14-20)16-21-9-7-13-30(17-21)22-10-4-3-5-11-22/h6,8,12,14,21-22H,3-5,7,9-11,13,15-18H2,1-2H3/t21-/m0/s1. The molecule has 3 heterocycles. The van der Waals surface area contributed by atoms with E-state index in [0.29, 0.717) is 5.92 Å². The Bertz CT molecular complexity index is 799. The molecule has 2 fully saturated rings. The van der Waals surface area contributed by atoms with Gasteiger partial charge in [0, 0.05) is 57.2 Å². The molecule has 0 unspecified atom stereocenters. The quantitative estimate of drug-likeness (QED) is 0.632. The van der Waals surface area contributed by atoms with Crippen LogP contribution in [0.15, 0.2) is 24.5 Å². The summed E-state index contributed by atoms with van der Waals surface area (Å²) in [7, 11) is 1.92. The van der Waals surface area contributed by atoms with Crippen LogP contribution in [-0.4, -0.2) is 50.2 Å². The van der Waals surface area contributed by atoms with Crippen molar-refractivity contribution in [2.24, 2.45) is 13.0 Å². The van der Waals surface area contributed by atoms with E-state index in [4.69, 9.17) is 11.6 Å². The minimum absolute atomic E-state index is 0.716. The second kappa shape index (κ2) is 10.3. The van der Waals surface area contributed by atoms with Gasteiger partial charge in [-0.05, 0) is 56.7 Å². The molecule has 0 bridgehead atoms. The van der Waals surface area contributed by atoms with E-state index in [1.165, 1.54) is 63.6 Å². The number of aryl methyl sites for hydroxylation is 2. The van der Waals surface area contributed by atoms with Crippen molar-refractivity contribution in [2.75, 3.05) is 19.6 Å². The van der Waals surface area contributed by atoms with E-state index >= 15 is 0 Å². The van der Waals surface area contributed by atoms with Crippen molar-refractivity contribution in [3.8, 4) is 0 Å². The number of piperidine rings is 1. The number of nitrogens with zero attached hydrogens (tertiary/aromatic N) is 5. The van der Waals surface area contributed by atoms with E-state index in [2.05, 4.69) is 32.9 Å². The topological polar surface area (TPSA) is 37.2 Å². The summed E-state index contributed by atoms with van der Waals surface area (Å²) in [5.41, 5.74) is 3.45. The summed E-state index contributed by atoms with van der Waals surface area (Å²) >= 11 is 6.58. The zero-order valence-electron chi connectivity index (χ0n) is 18.6. The summed E-state index contributed by atoms with van der Waals surface area (Å²) in [6.45, 7) is 7.44. The molecule has 0 spiro atoms. The SMILES string of the molecule is Cc1nn(C)c(Cl)c1CN(Cc1cccnc1)C[C@@H]1CCCN(C2CCCCC2)C1. The molecule has 6 heteroatoms. The number of aromatic nitrogens is 3. The Balaban J connectivity index is 1.46. The molecular formula is C24H36ClN5. The van der Waals surface area contributed by atoms with Gasteiger partial charge in [0.1, 0.15) is 5.15 Å². The van der Waals surface area contributed by atoms with Crippen molar-refractivity contribution in [2.45, 2.75) is 71.0 Å². The first-order chi connectivity index (χ1) is 14.6. The summed E-state index contributed by atoms with van der Waals surface area (Å²) in [4.78, 5) is 9.69. The Kier molecular flexibility index (Phi) is 7.45. The van der Waals surface area contributed by atoms with Crippen LogP contribution in [0.3, 0.4) is 0 Å². The second-order valence-corrected chi connectivity index (χ2v) is 9.66. The Morgan fingerprint density at radius 2 is 1.97 bits per heavy atom. The highest BCUT2D eigenvalue weighted by Gasteiger charge is 2.28. The van der Waals surface area contributed by atoms with Gasteiger partial charge in [0.15, 0.2) is 0 Å². The van der Waals surface area contributed by atoms with Gasteiger partial charge >= 0.3 is 0 Å². The molecule has 2 aliphatic rings. The lowest BCUT2D eigenvalue weighted by atomic mass is 9.90. The third-order valence-electron chi connectivity index (χ3n) is 6.94. The first kappa shape index (κ1) is 21.8. The summed E-state index contributed by atoms with van der Waals surface area (Å²) in [6, 6.07) is 5.03. The van der Waals surface area contributed by atoms with Crippen LogP contribution in [0.5, 0.6) is 0 Å². The Morgan fingerprint density at radius 3 is 2.67 bits per heavy atom. The minimum atomic E-state index is 0.716. The third-order valence-corrected chi connectivity index (χ3v) is 7.41. The van der Waals surface area contributed by atoms with Crippen molar-refractivity contribution >= 4 is 11.6 Å². The lowest BCUT2D eigenvalue weighted by Crippen LogP contribution is -2.46. The number of halogens is 1. The van der Waals surface area contributed by atoms with Crippen molar-refractivity contribution in [1.82, 2.24) is 24.6 Å². The summed E-state index contributed by atoms with van der Waals surface area (Å²) in [5, 5.41) is 5.29. The zero-order chi connectivity index (χ0) is 20.9. The normalized spacial score (nSPS) is 21.4. The fraction of sp³-hybridized carbons (Fsp3) is 0.667. The Hall–Kier alpha value is -1.43. The molecule has 2 aromatic heterocycles. The van der Waals surface area contributed by atoms with Crippen LogP contribution in [0.4, 0.5) is 0 Å². The minimum Gasteiger partial charge on any atom is -0.300 e. The fourth-order valence-corrected chi connectivity index (χ4v) is 5.64. The molecule has 1 saturated heterocycles. The van der Waals surface area contributed by atoms with Crippen molar-refractivity contribution in [3.05, 3.63) is 46.5 Å². The number of rotatable bonds is 7. The molecule has 30 heavy (non-hydrogen) atoms. The zero-order valence-corrected chi connectivity index (χ0v) is 19.3. The van der Waals surface area contributed by atoms with Crippen molar-refractivity contribution in [3.63, 3.8) is 0 Å². The van der Waals surface area contributed by atoms with Gasteiger partial charge in [-0.1, -0.05) is 36.9 Å². The maximum Gasteiger partial charge on any atom is 0.131 e. The van der Waals surface area contributed by atoms with E-state index in [-0.39, 0.29) is 0 Å². The monoisotopic (exact) mass is 429 g/mol. The van der Waals surface area contributed by atoms with E-state index in [0.717, 1.165) is 42.1 Å².